The van der Waals surface area contributed by atoms with Gasteiger partial charge in [-0.25, -0.2) is 0 Å². The first-order valence-electron chi connectivity index (χ1n) is 10.4. The van der Waals surface area contributed by atoms with E-state index in [1.54, 1.807) is 48.5 Å². The average Bonchev–Trinajstić information content (AvgIpc) is 3.09. The van der Waals surface area contributed by atoms with Crippen LogP contribution in [0, 0.1) is 5.92 Å². The maximum absolute atomic E-state index is 13.8. The predicted molar refractivity (Wildman–Crippen MR) is 117 cm³/mol. The third-order valence-corrected chi connectivity index (χ3v) is 5.81. The van der Waals surface area contributed by atoms with E-state index in [9.17, 15) is 19.2 Å². The van der Waals surface area contributed by atoms with Crippen LogP contribution in [-0.2, 0) is 9.59 Å². The number of ketones is 1. The Morgan fingerprint density at radius 3 is 2.55 bits per heavy atom. The molecule has 1 N–H and O–H groups in total. The van der Waals surface area contributed by atoms with E-state index in [1.807, 2.05) is 13.8 Å². The summed E-state index contributed by atoms with van der Waals surface area (Å²) >= 11 is 0. The second kappa shape index (κ2) is 7.65. The zero-order valence-electron chi connectivity index (χ0n) is 17.8. The Bertz CT molecular complexity index is 1090. The first-order valence-corrected chi connectivity index (χ1v) is 10.4. The van der Waals surface area contributed by atoms with Crippen molar-refractivity contribution < 1.29 is 19.2 Å². The highest BCUT2D eigenvalue weighted by atomic mass is 16.2. The number of rotatable bonds is 5. The van der Waals surface area contributed by atoms with Gasteiger partial charge in [0.25, 0.3) is 11.8 Å². The van der Waals surface area contributed by atoms with E-state index in [0.717, 1.165) is 0 Å². The number of nitrogens with zero attached hydrogens (tertiary/aromatic N) is 2. The molecule has 0 spiro atoms. The van der Waals surface area contributed by atoms with Crippen molar-refractivity contribution in [2.75, 3.05) is 16.8 Å². The molecule has 31 heavy (non-hydrogen) atoms. The maximum atomic E-state index is 13.8. The number of Topliss-reactive ketones (excluding diaryl/α,β-unsaturated/α-hetero) is 1. The first-order chi connectivity index (χ1) is 14.8. The second-order valence-corrected chi connectivity index (χ2v) is 8.46. The zero-order valence-corrected chi connectivity index (χ0v) is 17.8. The van der Waals surface area contributed by atoms with E-state index in [4.69, 9.17) is 0 Å². The van der Waals surface area contributed by atoms with Crippen molar-refractivity contribution in [3.8, 4) is 0 Å². The summed E-state index contributed by atoms with van der Waals surface area (Å²) in [6.45, 7) is 5.73. The Kier molecular flexibility index (Phi) is 5.13. The Morgan fingerprint density at radius 2 is 1.84 bits per heavy atom. The lowest BCUT2D eigenvalue weighted by molar-refractivity contribution is -0.129. The number of nitrogens with one attached hydrogen (secondary N) is 1. The predicted octanol–water partition coefficient (Wildman–Crippen LogP) is 3.46. The average molecular weight is 419 g/mol. The van der Waals surface area contributed by atoms with Crippen LogP contribution >= 0.6 is 0 Å². The standard InChI is InChI=1S/C24H25N3O4/c1-15(2)14-26-22(30)19-9-4-5-10-20(19)27-21(29)11-12-24(26,27)23(31)25-18-8-6-7-17(13-18)16(3)28/h4-10,13,15H,11-12,14H2,1-3H3,(H,25,31)/t24-/m1/s1. The molecule has 2 aliphatic rings. The van der Waals surface area contributed by atoms with E-state index >= 15 is 0 Å². The summed E-state index contributed by atoms with van der Waals surface area (Å²) in [6, 6.07) is 13.6. The number of para-hydroxylation sites is 1. The third-order valence-electron chi connectivity index (χ3n) is 5.81. The van der Waals surface area contributed by atoms with Gasteiger partial charge in [0, 0.05) is 30.6 Å². The summed E-state index contributed by atoms with van der Waals surface area (Å²) in [5.74, 6) is -0.931. The molecule has 0 radical (unpaired) electrons. The van der Waals surface area contributed by atoms with Gasteiger partial charge in [0.05, 0.1) is 11.3 Å². The molecule has 0 aromatic heterocycles. The first kappa shape index (κ1) is 20.8. The highest BCUT2D eigenvalue weighted by Crippen LogP contribution is 2.45. The summed E-state index contributed by atoms with van der Waals surface area (Å²) in [5.41, 5.74) is 0.350. The van der Waals surface area contributed by atoms with Gasteiger partial charge in [-0.1, -0.05) is 38.1 Å². The van der Waals surface area contributed by atoms with Crippen molar-refractivity contribution in [3.63, 3.8) is 0 Å². The number of hydrogen-bond acceptors (Lipinski definition) is 4. The highest BCUT2D eigenvalue weighted by molar-refractivity contribution is 6.18. The smallest absolute Gasteiger partial charge is 0.271 e. The summed E-state index contributed by atoms with van der Waals surface area (Å²) in [4.78, 5) is 55.0. The van der Waals surface area contributed by atoms with E-state index in [2.05, 4.69) is 5.32 Å². The number of carbonyl (C=O) groups excluding carboxylic acids is 4. The molecule has 1 atom stereocenters. The fourth-order valence-electron chi connectivity index (χ4n) is 4.45. The lowest BCUT2D eigenvalue weighted by atomic mass is 9.94. The Labute approximate surface area is 181 Å². The molecule has 160 valence electrons. The van der Waals surface area contributed by atoms with Crippen molar-refractivity contribution in [3.05, 3.63) is 59.7 Å². The van der Waals surface area contributed by atoms with Gasteiger partial charge >= 0.3 is 0 Å². The Hall–Kier alpha value is -3.48. The van der Waals surface area contributed by atoms with Gasteiger partial charge < -0.3 is 10.2 Å². The van der Waals surface area contributed by atoms with Crippen LogP contribution in [0.15, 0.2) is 48.5 Å². The van der Waals surface area contributed by atoms with Crippen LogP contribution in [0.25, 0.3) is 0 Å². The summed E-state index contributed by atoms with van der Waals surface area (Å²) in [5, 5.41) is 2.87. The summed E-state index contributed by atoms with van der Waals surface area (Å²) in [6.07, 6.45) is 0.369. The van der Waals surface area contributed by atoms with E-state index in [0.29, 0.717) is 29.0 Å². The number of benzene rings is 2. The molecule has 0 saturated carbocycles. The summed E-state index contributed by atoms with van der Waals surface area (Å²) in [7, 11) is 0. The van der Waals surface area contributed by atoms with Gasteiger partial charge in [-0.15, -0.1) is 0 Å². The van der Waals surface area contributed by atoms with Crippen molar-refractivity contribution in [2.45, 2.75) is 39.3 Å². The van der Waals surface area contributed by atoms with Crippen molar-refractivity contribution in [1.29, 1.82) is 0 Å². The molecule has 2 heterocycles. The van der Waals surface area contributed by atoms with Crippen LogP contribution in [0.3, 0.4) is 0 Å². The monoisotopic (exact) mass is 419 g/mol. The van der Waals surface area contributed by atoms with Crippen LogP contribution in [0.4, 0.5) is 11.4 Å². The molecular formula is C24H25N3O4. The molecule has 7 nitrogen and oxygen atoms in total. The van der Waals surface area contributed by atoms with Gasteiger partial charge in [0.1, 0.15) is 0 Å². The fraction of sp³-hybridized carbons (Fsp3) is 0.333. The molecule has 0 unspecified atom stereocenters. The van der Waals surface area contributed by atoms with Crippen LogP contribution in [0.5, 0.6) is 0 Å². The Balaban J connectivity index is 1.82. The molecule has 1 fully saturated rings. The van der Waals surface area contributed by atoms with Gasteiger partial charge in [-0.3, -0.25) is 24.1 Å². The largest absolute Gasteiger partial charge is 0.322 e. The molecule has 7 heteroatoms. The normalized spacial score (nSPS) is 20.0. The number of anilines is 2. The van der Waals surface area contributed by atoms with Crippen LogP contribution < -0.4 is 10.2 Å². The molecule has 4 rings (SSSR count). The molecule has 2 aromatic carbocycles. The molecule has 0 bridgehead atoms. The zero-order chi connectivity index (χ0) is 22.3. The van der Waals surface area contributed by atoms with Gasteiger partial charge in [0.15, 0.2) is 5.78 Å². The van der Waals surface area contributed by atoms with E-state index in [-0.39, 0.29) is 36.4 Å². The van der Waals surface area contributed by atoms with Gasteiger partial charge in [-0.2, -0.15) is 0 Å². The number of amides is 3. The van der Waals surface area contributed by atoms with Crippen LogP contribution in [0.2, 0.25) is 0 Å². The van der Waals surface area contributed by atoms with Gasteiger partial charge in [0.2, 0.25) is 11.6 Å². The molecular weight excluding hydrogens is 394 g/mol. The lowest BCUT2D eigenvalue weighted by Gasteiger charge is -2.49. The Morgan fingerprint density at radius 1 is 1.10 bits per heavy atom. The molecule has 2 aliphatic heterocycles. The lowest BCUT2D eigenvalue weighted by Crippen LogP contribution is -2.69. The molecule has 3 amide bonds. The second-order valence-electron chi connectivity index (χ2n) is 8.46. The SMILES string of the molecule is CC(=O)c1cccc(NC(=O)[C@@]23CCC(=O)N2c2ccccc2C(=O)N3CC(C)C)c1. The third kappa shape index (κ3) is 3.30. The number of fused-ring (bicyclic) bond motifs is 3. The van der Waals surface area contributed by atoms with Gasteiger partial charge in [-0.05, 0) is 37.1 Å². The minimum Gasteiger partial charge on any atom is -0.322 e. The van der Waals surface area contributed by atoms with Crippen molar-refractivity contribution >= 4 is 34.9 Å². The number of hydrogen-bond donors (Lipinski definition) is 1. The molecule has 2 aromatic rings. The van der Waals surface area contributed by atoms with Crippen molar-refractivity contribution in [2.24, 2.45) is 5.92 Å². The van der Waals surface area contributed by atoms with Crippen molar-refractivity contribution in [1.82, 2.24) is 4.90 Å². The summed E-state index contributed by atoms with van der Waals surface area (Å²) < 4.78 is 0. The van der Waals surface area contributed by atoms with Crippen LogP contribution in [-0.4, -0.2) is 40.6 Å². The van der Waals surface area contributed by atoms with E-state index in [1.165, 1.54) is 16.7 Å². The minimum absolute atomic E-state index is 0.0949. The van der Waals surface area contributed by atoms with E-state index < -0.39 is 11.6 Å². The van der Waals surface area contributed by atoms with Crippen LogP contribution in [0.1, 0.15) is 54.3 Å². The fourth-order valence-corrected chi connectivity index (χ4v) is 4.45. The maximum Gasteiger partial charge on any atom is 0.271 e. The molecule has 0 aliphatic carbocycles. The quantitative estimate of drug-likeness (QED) is 0.752. The minimum atomic E-state index is -1.45. The number of carbonyl (C=O) groups is 4. The topological polar surface area (TPSA) is 86.8 Å². The molecule has 1 saturated heterocycles. The highest BCUT2D eigenvalue weighted by Gasteiger charge is 2.60.